The normalized spacial score (nSPS) is 9.88. The van der Waals surface area contributed by atoms with E-state index in [0.29, 0.717) is 0 Å². The number of fused-ring (bicyclic) bond motifs is 1. The molecule has 92 valence electrons. The van der Waals surface area contributed by atoms with Gasteiger partial charge in [-0.1, -0.05) is 75.6 Å². The summed E-state index contributed by atoms with van der Waals surface area (Å²) in [4.78, 5) is 0. The van der Waals surface area contributed by atoms with Crippen LogP contribution in [0.4, 0.5) is 0 Å². The molecule has 0 saturated heterocycles. The van der Waals surface area contributed by atoms with E-state index in [0.717, 1.165) is 0 Å². The van der Waals surface area contributed by atoms with Crippen molar-refractivity contribution in [2.45, 2.75) is 47.0 Å². The average Bonchev–Trinajstić information content (AvgIpc) is 2.31. The molecule has 2 aromatic rings. The van der Waals surface area contributed by atoms with Gasteiger partial charge >= 0.3 is 0 Å². The van der Waals surface area contributed by atoms with Gasteiger partial charge in [-0.15, -0.1) is 0 Å². The highest BCUT2D eigenvalue weighted by Gasteiger charge is 1.95. The molecule has 0 bridgehead atoms. The lowest BCUT2D eigenvalue weighted by molar-refractivity contribution is 0.924. The molecule has 0 nitrogen and oxygen atoms in total. The third-order valence-corrected chi connectivity index (χ3v) is 2.60. The molecule has 0 heteroatoms. The lowest BCUT2D eigenvalue weighted by Gasteiger charge is -2.03. The first-order chi connectivity index (χ1) is 8.21. The van der Waals surface area contributed by atoms with Gasteiger partial charge in [0.15, 0.2) is 0 Å². The van der Waals surface area contributed by atoms with Crippen LogP contribution in [-0.4, -0.2) is 0 Å². The van der Waals surface area contributed by atoms with Crippen LogP contribution in [0.25, 0.3) is 10.8 Å². The lowest BCUT2D eigenvalue weighted by atomic mass is 10.0. The Morgan fingerprint density at radius 2 is 1.41 bits per heavy atom. The quantitative estimate of drug-likeness (QED) is 0.635. The largest absolute Gasteiger partial charge is 0.0656 e. The molecule has 0 aliphatic rings. The SMILES string of the molecule is CCC.CCCc1ccc2cc(C)ccc2c1. The standard InChI is InChI=1S/C14H16.C3H8/c1-3-4-12-6-8-13-9-11(2)5-7-14(13)10-12;1-3-2/h5-10H,3-4H2,1-2H3;3H2,1-2H3. The second-order valence-electron chi connectivity index (χ2n) is 4.64. The topological polar surface area (TPSA) is 0 Å². The minimum Gasteiger partial charge on any atom is -0.0656 e. The minimum absolute atomic E-state index is 1.18. The summed E-state index contributed by atoms with van der Waals surface area (Å²) in [7, 11) is 0. The molecule has 0 spiro atoms. The Hall–Kier alpha value is -1.30. The zero-order valence-electron chi connectivity index (χ0n) is 11.6. The molecule has 0 amide bonds. The van der Waals surface area contributed by atoms with Gasteiger partial charge in [0.05, 0.1) is 0 Å². The monoisotopic (exact) mass is 228 g/mol. The molecule has 0 saturated carbocycles. The summed E-state index contributed by atoms with van der Waals surface area (Å²) in [5.74, 6) is 0. The average molecular weight is 228 g/mol. The van der Waals surface area contributed by atoms with Crippen LogP contribution in [0.3, 0.4) is 0 Å². The van der Waals surface area contributed by atoms with Crippen LogP contribution >= 0.6 is 0 Å². The van der Waals surface area contributed by atoms with Crippen LogP contribution in [-0.2, 0) is 6.42 Å². The Balaban J connectivity index is 0.000000437. The Labute approximate surface area is 106 Å². The van der Waals surface area contributed by atoms with Gasteiger partial charge in [-0.3, -0.25) is 0 Å². The van der Waals surface area contributed by atoms with Crippen molar-refractivity contribution in [2.75, 3.05) is 0 Å². The fraction of sp³-hybridized carbons (Fsp3) is 0.412. The van der Waals surface area contributed by atoms with E-state index in [4.69, 9.17) is 0 Å². The van der Waals surface area contributed by atoms with Crippen molar-refractivity contribution in [1.82, 2.24) is 0 Å². The van der Waals surface area contributed by atoms with Crippen LogP contribution in [0.15, 0.2) is 36.4 Å². The fourth-order valence-corrected chi connectivity index (χ4v) is 1.86. The molecule has 0 N–H and O–H groups in total. The van der Waals surface area contributed by atoms with Crippen LogP contribution in [0.1, 0.15) is 44.7 Å². The summed E-state index contributed by atoms with van der Waals surface area (Å²) in [5, 5.41) is 2.71. The summed E-state index contributed by atoms with van der Waals surface area (Å²) in [6.45, 7) is 8.61. The number of benzene rings is 2. The van der Waals surface area contributed by atoms with Crippen LogP contribution < -0.4 is 0 Å². The smallest absolute Gasteiger partial charge is 0.0181 e. The zero-order chi connectivity index (χ0) is 12.7. The summed E-state index contributed by atoms with van der Waals surface area (Å²) in [6.07, 6.45) is 3.65. The van der Waals surface area contributed by atoms with Gasteiger partial charge in [-0.25, -0.2) is 0 Å². The molecule has 0 aliphatic carbocycles. The zero-order valence-corrected chi connectivity index (χ0v) is 11.6. The van der Waals surface area contributed by atoms with E-state index >= 15 is 0 Å². The third-order valence-electron chi connectivity index (χ3n) is 2.60. The highest BCUT2D eigenvalue weighted by atomic mass is 14.0. The van der Waals surface area contributed by atoms with E-state index in [2.05, 4.69) is 64.1 Å². The maximum atomic E-state index is 2.30. The number of aryl methyl sites for hydroxylation is 2. The first-order valence-electron chi connectivity index (χ1n) is 6.70. The molecule has 17 heavy (non-hydrogen) atoms. The highest BCUT2D eigenvalue weighted by Crippen LogP contribution is 2.18. The highest BCUT2D eigenvalue weighted by molar-refractivity contribution is 5.83. The van der Waals surface area contributed by atoms with Crippen molar-refractivity contribution in [3.8, 4) is 0 Å². The van der Waals surface area contributed by atoms with E-state index in [9.17, 15) is 0 Å². The lowest BCUT2D eigenvalue weighted by Crippen LogP contribution is -1.83. The van der Waals surface area contributed by atoms with Gasteiger partial charge in [0, 0.05) is 0 Å². The van der Waals surface area contributed by atoms with Crippen LogP contribution in [0.5, 0.6) is 0 Å². The molecular weight excluding hydrogens is 204 g/mol. The number of rotatable bonds is 2. The van der Waals surface area contributed by atoms with Gasteiger partial charge in [0.25, 0.3) is 0 Å². The van der Waals surface area contributed by atoms with Crippen molar-refractivity contribution in [2.24, 2.45) is 0 Å². The first kappa shape index (κ1) is 13.8. The summed E-state index contributed by atoms with van der Waals surface area (Å²) < 4.78 is 0. The third kappa shape index (κ3) is 4.22. The van der Waals surface area contributed by atoms with Crippen molar-refractivity contribution < 1.29 is 0 Å². The molecule has 2 rings (SSSR count). The Kier molecular flexibility index (Phi) is 5.76. The van der Waals surface area contributed by atoms with Crippen molar-refractivity contribution >= 4 is 10.8 Å². The number of hydrogen-bond acceptors (Lipinski definition) is 0. The van der Waals surface area contributed by atoms with Gasteiger partial charge in [0.2, 0.25) is 0 Å². The van der Waals surface area contributed by atoms with Crippen LogP contribution in [0.2, 0.25) is 0 Å². The maximum Gasteiger partial charge on any atom is -0.0181 e. The van der Waals surface area contributed by atoms with E-state index in [-0.39, 0.29) is 0 Å². The fourth-order valence-electron chi connectivity index (χ4n) is 1.86. The molecule has 0 atom stereocenters. The van der Waals surface area contributed by atoms with E-state index in [1.807, 2.05) is 0 Å². The van der Waals surface area contributed by atoms with Crippen molar-refractivity contribution in [1.29, 1.82) is 0 Å². The second-order valence-corrected chi connectivity index (χ2v) is 4.64. The number of hydrogen-bond donors (Lipinski definition) is 0. The second kappa shape index (κ2) is 7.11. The molecule has 2 aromatic carbocycles. The molecule has 0 unspecified atom stereocenters. The van der Waals surface area contributed by atoms with Crippen LogP contribution in [0, 0.1) is 6.92 Å². The molecule has 0 aromatic heterocycles. The van der Waals surface area contributed by atoms with Gasteiger partial charge in [-0.05, 0) is 29.7 Å². The predicted molar refractivity (Wildman–Crippen MR) is 78.6 cm³/mol. The Bertz CT molecular complexity index is 455. The maximum absolute atomic E-state index is 2.30. The van der Waals surface area contributed by atoms with E-state index in [1.165, 1.54) is 41.2 Å². The molecule has 0 aliphatic heterocycles. The van der Waals surface area contributed by atoms with Gasteiger partial charge < -0.3 is 0 Å². The summed E-state index contributed by atoms with van der Waals surface area (Å²) in [5.41, 5.74) is 2.78. The molecule has 0 radical (unpaired) electrons. The van der Waals surface area contributed by atoms with Crippen molar-refractivity contribution in [3.63, 3.8) is 0 Å². The molecular formula is C17H24. The van der Waals surface area contributed by atoms with Crippen molar-refractivity contribution in [3.05, 3.63) is 47.5 Å². The van der Waals surface area contributed by atoms with Gasteiger partial charge in [-0.2, -0.15) is 0 Å². The summed E-state index contributed by atoms with van der Waals surface area (Å²) in [6, 6.07) is 13.4. The van der Waals surface area contributed by atoms with E-state index in [1.54, 1.807) is 0 Å². The predicted octanol–water partition coefficient (Wildman–Crippen LogP) is 5.52. The van der Waals surface area contributed by atoms with Gasteiger partial charge in [0.1, 0.15) is 0 Å². The first-order valence-corrected chi connectivity index (χ1v) is 6.70. The minimum atomic E-state index is 1.18. The Morgan fingerprint density at radius 1 is 0.824 bits per heavy atom. The summed E-state index contributed by atoms with van der Waals surface area (Å²) >= 11 is 0. The molecule has 0 heterocycles. The Morgan fingerprint density at radius 3 is 2.06 bits per heavy atom. The molecule has 0 fully saturated rings. The van der Waals surface area contributed by atoms with E-state index < -0.39 is 0 Å².